The second-order valence-corrected chi connectivity index (χ2v) is 14.5. The molecule has 180 valence electrons. The van der Waals surface area contributed by atoms with Gasteiger partial charge in [-0.2, -0.15) is 0 Å². The molecule has 3 spiro atoms. The predicted octanol–water partition coefficient (Wildman–Crippen LogP) is 6.76. The number of ketones is 1. The van der Waals surface area contributed by atoms with Crippen molar-refractivity contribution in [2.24, 2.45) is 39.9 Å². The van der Waals surface area contributed by atoms with Crippen LogP contribution < -0.4 is 0 Å². The quantitative estimate of drug-likeness (QED) is 0.414. The summed E-state index contributed by atoms with van der Waals surface area (Å²) in [6.45, 7) is 16.2. The van der Waals surface area contributed by atoms with Gasteiger partial charge >= 0.3 is 0 Å². The molecule has 3 saturated carbocycles. The van der Waals surface area contributed by atoms with Gasteiger partial charge < -0.3 is 9.47 Å². The minimum absolute atomic E-state index is 0.111. The molecule has 0 N–H and O–H groups in total. The maximum atomic E-state index is 14.8. The summed E-state index contributed by atoms with van der Waals surface area (Å²) in [6.07, 6.45) is 11.4. The van der Waals surface area contributed by atoms with E-state index in [0.29, 0.717) is 23.5 Å². The summed E-state index contributed by atoms with van der Waals surface area (Å²) in [7, 11) is 0. The number of hydrogen-bond acceptors (Lipinski definition) is 3. The Morgan fingerprint density at radius 2 is 1.82 bits per heavy atom. The lowest BCUT2D eigenvalue weighted by Crippen LogP contribution is -2.65. The Hall–Kier alpha value is -1.09. The lowest BCUT2D eigenvalue weighted by molar-refractivity contribution is -0.207. The number of allylic oxidation sites excluding steroid dienone is 3. The molecule has 0 aromatic rings. The van der Waals surface area contributed by atoms with E-state index < -0.39 is 5.60 Å². The first kappa shape index (κ1) is 21.2. The second-order valence-electron chi connectivity index (χ2n) is 14.5. The third-order valence-electron chi connectivity index (χ3n) is 12.2. The molecule has 2 heterocycles. The summed E-state index contributed by atoms with van der Waals surface area (Å²) in [4.78, 5) is 14.8. The van der Waals surface area contributed by atoms with Crippen molar-refractivity contribution in [3.05, 3.63) is 23.0 Å². The van der Waals surface area contributed by atoms with Gasteiger partial charge in [0.2, 0.25) is 0 Å². The van der Waals surface area contributed by atoms with Crippen molar-refractivity contribution in [1.29, 1.82) is 0 Å². The van der Waals surface area contributed by atoms with Crippen molar-refractivity contribution in [2.75, 3.05) is 0 Å². The molecular formula is C30H42O3. The van der Waals surface area contributed by atoms with Crippen LogP contribution in [-0.4, -0.2) is 22.6 Å². The Morgan fingerprint density at radius 1 is 1.06 bits per heavy atom. The van der Waals surface area contributed by atoms with Crippen LogP contribution in [0.3, 0.4) is 0 Å². The van der Waals surface area contributed by atoms with Gasteiger partial charge in [0.05, 0.1) is 5.60 Å². The van der Waals surface area contributed by atoms with E-state index in [-0.39, 0.29) is 33.4 Å². The molecule has 2 aliphatic heterocycles. The van der Waals surface area contributed by atoms with Crippen molar-refractivity contribution >= 4 is 5.78 Å². The fourth-order valence-electron chi connectivity index (χ4n) is 11.3. The molecule has 7 atom stereocenters. The highest BCUT2D eigenvalue weighted by Crippen LogP contribution is 2.86. The molecule has 7 aliphatic rings. The molecule has 3 nitrogen and oxygen atoms in total. The van der Waals surface area contributed by atoms with Crippen molar-refractivity contribution in [2.45, 2.75) is 117 Å². The minimum Gasteiger partial charge on any atom is -0.488 e. The largest absolute Gasteiger partial charge is 0.488 e. The standard InChI is InChI=1S/C30H42O3/c1-17(2)22-23(31)27-13-9-18(3)19-15-21-26(6,7)32-24(22)30(21)29(19,27)16-28(33-30)12-8-11-25(4,5)20(28)10-14-27/h9,17,19-21H,8,10-16H2,1-7H3/t19?,20?,21-,27-,28+,29+,30+/m0/s1. The van der Waals surface area contributed by atoms with Gasteiger partial charge in [0.15, 0.2) is 5.78 Å². The lowest BCUT2D eigenvalue weighted by atomic mass is 9.42. The predicted molar refractivity (Wildman–Crippen MR) is 128 cm³/mol. The van der Waals surface area contributed by atoms with Gasteiger partial charge in [0.1, 0.15) is 17.0 Å². The van der Waals surface area contributed by atoms with Gasteiger partial charge in [0.25, 0.3) is 0 Å². The van der Waals surface area contributed by atoms with Gasteiger partial charge in [0, 0.05) is 22.3 Å². The van der Waals surface area contributed by atoms with Gasteiger partial charge in [-0.15, -0.1) is 0 Å². The summed E-state index contributed by atoms with van der Waals surface area (Å²) in [5, 5.41) is 0. The van der Waals surface area contributed by atoms with Crippen LogP contribution in [0.4, 0.5) is 0 Å². The van der Waals surface area contributed by atoms with Gasteiger partial charge in [-0.25, -0.2) is 0 Å². The number of Topliss-reactive ketones (excluding diaryl/α,β-unsaturated/α-hetero) is 1. The molecule has 0 radical (unpaired) electrons. The summed E-state index contributed by atoms with van der Waals surface area (Å²) >= 11 is 0. The van der Waals surface area contributed by atoms with E-state index in [4.69, 9.17) is 9.47 Å². The average molecular weight is 451 g/mol. The zero-order valence-corrected chi connectivity index (χ0v) is 21.8. The van der Waals surface area contributed by atoms with E-state index >= 15 is 0 Å². The number of hydrogen-bond donors (Lipinski definition) is 0. The average Bonchev–Trinajstić information content (AvgIpc) is 3.18. The van der Waals surface area contributed by atoms with E-state index in [1.54, 1.807) is 0 Å². The first-order valence-electron chi connectivity index (χ1n) is 13.7. The summed E-state index contributed by atoms with van der Waals surface area (Å²) in [5.41, 5.74) is 1.45. The monoisotopic (exact) mass is 450 g/mol. The van der Waals surface area contributed by atoms with Crippen molar-refractivity contribution in [1.82, 2.24) is 0 Å². The fourth-order valence-corrected chi connectivity index (χ4v) is 11.3. The van der Waals surface area contributed by atoms with E-state index in [1.165, 1.54) is 18.4 Å². The molecule has 2 unspecified atom stereocenters. The molecule has 5 aliphatic carbocycles. The van der Waals surface area contributed by atoms with Crippen LogP contribution in [0.2, 0.25) is 0 Å². The van der Waals surface area contributed by atoms with Crippen LogP contribution in [0, 0.1) is 39.9 Å². The third-order valence-corrected chi connectivity index (χ3v) is 12.2. The molecule has 0 aromatic heterocycles. The summed E-state index contributed by atoms with van der Waals surface area (Å²) in [5.74, 6) is 2.84. The molecule has 0 aromatic carbocycles. The van der Waals surface area contributed by atoms with Crippen LogP contribution in [0.1, 0.15) is 99.8 Å². The molecule has 33 heavy (non-hydrogen) atoms. The highest BCUT2D eigenvalue weighted by molar-refractivity contribution is 6.04. The van der Waals surface area contributed by atoms with Crippen molar-refractivity contribution in [3.8, 4) is 0 Å². The zero-order valence-electron chi connectivity index (χ0n) is 21.8. The van der Waals surface area contributed by atoms with Crippen LogP contribution in [0.25, 0.3) is 0 Å². The van der Waals surface area contributed by atoms with Crippen molar-refractivity contribution < 1.29 is 14.3 Å². The molecule has 3 heteroatoms. The van der Waals surface area contributed by atoms with Gasteiger partial charge in [-0.05, 0) is 88.9 Å². The summed E-state index contributed by atoms with van der Waals surface area (Å²) in [6, 6.07) is 0. The lowest BCUT2D eigenvalue weighted by Gasteiger charge is -2.60. The summed E-state index contributed by atoms with van der Waals surface area (Å²) < 4.78 is 14.8. The van der Waals surface area contributed by atoms with E-state index in [2.05, 4.69) is 54.5 Å². The first-order chi connectivity index (χ1) is 15.4. The smallest absolute Gasteiger partial charge is 0.169 e. The van der Waals surface area contributed by atoms with Crippen LogP contribution in [0.15, 0.2) is 23.0 Å². The third kappa shape index (κ3) is 1.92. The number of ether oxygens (including phenoxy) is 2. The second kappa shape index (κ2) is 5.66. The van der Waals surface area contributed by atoms with E-state index in [0.717, 1.165) is 49.9 Å². The number of carbonyl (C=O) groups is 1. The molecule has 0 amide bonds. The minimum atomic E-state index is -0.420. The Kier molecular flexibility index (Phi) is 3.64. The Morgan fingerprint density at radius 3 is 2.55 bits per heavy atom. The zero-order chi connectivity index (χ0) is 23.4. The number of rotatable bonds is 1. The first-order valence-corrected chi connectivity index (χ1v) is 13.7. The van der Waals surface area contributed by atoms with Crippen molar-refractivity contribution in [3.63, 3.8) is 0 Å². The molecule has 2 saturated heterocycles. The molecular weight excluding hydrogens is 408 g/mol. The van der Waals surface area contributed by atoms with Gasteiger partial charge in [-0.3, -0.25) is 4.79 Å². The SMILES string of the molecule is CC1=CC[C@@]23CCC4C(C)(C)CCC[C@@]45C[C@@]24C1C[C@H]1C(C)(C)OC(=C(C(C)C)C3=O)[C@]14O5. The Labute approximate surface area is 199 Å². The maximum Gasteiger partial charge on any atom is 0.169 e. The Balaban J connectivity index is 1.61. The highest BCUT2D eigenvalue weighted by atomic mass is 16.6. The molecule has 7 rings (SSSR count). The molecule has 2 bridgehead atoms. The maximum absolute atomic E-state index is 14.8. The Bertz CT molecular complexity index is 1040. The van der Waals surface area contributed by atoms with Gasteiger partial charge in [-0.1, -0.05) is 45.8 Å². The molecule has 5 fully saturated rings. The highest BCUT2D eigenvalue weighted by Gasteiger charge is 2.90. The number of carbonyl (C=O) groups excluding carboxylic acids is 1. The fraction of sp³-hybridized carbons (Fsp3) is 0.833. The van der Waals surface area contributed by atoms with E-state index in [1.807, 2.05) is 0 Å². The topological polar surface area (TPSA) is 35.5 Å². The van der Waals surface area contributed by atoms with Crippen LogP contribution in [-0.2, 0) is 14.3 Å². The normalized spacial score (nSPS) is 52.3. The van der Waals surface area contributed by atoms with Crippen LogP contribution in [0.5, 0.6) is 0 Å². The van der Waals surface area contributed by atoms with E-state index in [9.17, 15) is 4.79 Å². The van der Waals surface area contributed by atoms with Crippen LogP contribution >= 0.6 is 0 Å².